The highest BCUT2D eigenvalue weighted by atomic mass is 35.5. The highest BCUT2D eigenvalue weighted by Crippen LogP contribution is 2.71. The van der Waals surface area contributed by atoms with Crippen molar-refractivity contribution in [2.75, 3.05) is 6.61 Å². The van der Waals surface area contributed by atoms with E-state index in [2.05, 4.69) is 18.9 Å². The molecular formula is C26H33ClN2O6. The van der Waals surface area contributed by atoms with Crippen molar-refractivity contribution >= 4 is 23.4 Å². The van der Waals surface area contributed by atoms with Crippen LogP contribution >= 0.6 is 11.6 Å². The van der Waals surface area contributed by atoms with Gasteiger partial charge in [-0.2, -0.15) is 5.10 Å². The van der Waals surface area contributed by atoms with E-state index in [0.29, 0.717) is 17.7 Å². The van der Waals surface area contributed by atoms with Crippen molar-refractivity contribution in [3.8, 4) is 0 Å². The number of fused-ring (bicyclic) bond motifs is 3. The lowest BCUT2D eigenvalue weighted by molar-refractivity contribution is -0.190. The van der Waals surface area contributed by atoms with Crippen LogP contribution in [0.1, 0.15) is 50.3 Å². The van der Waals surface area contributed by atoms with Crippen LogP contribution in [0.4, 0.5) is 0 Å². The largest absolute Gasteiger partial charge is 0.450 e. The minimum Gasteiger partial charge on any atom is -0.450 e. The standard InChI is InChI=1S/C26H33ClN2O6/c1-11-9-25-12(2)7-16-17(24(16,4)5)15(21(25)32)8-14(10-30)20(31)26(25,34)22(11)35-23(33)19-18(27)13(3)28-29(19)6/h8-9,12,15-17,20,22,30-31,34H,7,10H2,1-6H3/t12-,15+,16-,17+,20-,22+,25+,26+/m1/s1. The third-order valence-electron chi connectivity index (χ3n) is 9.46. The van der Waals surface area contributed by atoms with Gasteiger partial charge < -0.3 is 20.1 Å². The molecule has 8 nitrogen and oxygen atoms in total. The number of rotatable bonds is 3. The SMILES string of the molecule is CC1=C[C@]23C(=O)[C@@H](C=C(CO)[C@@H](O)[C@]2(O)[C@H]1OC(=O)c1c(Cl)c(C)nn1C)[C@H]1[C@@H](C[C@H]3C)C1(C)C. The molecule has 35 heavy (non-hydrogen) atoms. The van der Waals surface area contributed by atoms with E-state index >= 15 is 0 Å². The smallest absolute Gasteiger partial charge is 0.358 e. The van der Waals surface area contributed by atoms with E-state index in [-0.39, 0.29) is 45.2 Å². The third-order valence-corrected chi connectivity index (χ3v) is 9.92. The molecule has 2 bridgehead atoms. The zero-order valence-corrected chi connectivity index (χ0v) is 21.6. The van der Waals surface area contributed by atoms with Gasteiger partial charge in [-0.3, -0.25) is 9.48 Å². The lowest BCUT2D eigenvalue weighted by Crippen LogP contribution is -2.65. The van der Waals surface area contributed by atoms with Gasteiger partial charge in [0.15, 0.2) is 23.2 Å². The molecule has 0 aromatic carbocycles. The number of carbonyl (C=O) groups excluding carboxylic acids is 2. The molecule has 0 aliphatic heterocycles. The maximum Gasteiger partial charge on any atom is 0.358 e. The first-order chi connectivity index (χ1) is 16.2. The van der Waals surface area contributed by atoms with E-state index < -0.39 is 41.7 Å². The molecule has 0 saturated heterocycles. The Morgan fingerprint density at radius 3 is 2.57 bits per heavy atom. The minimum atomic E-state index is -2.19. The fraction of sp³-hybridized carbons (Fsp3) is 0.654. The first kappa shape index (κ1) is 24.7. The van der Waals surface area contributed by atoms with Crippen molar-refractivity contribution in [1.29, 1.82) is 0 Å². The van der Waals surface area contributed by atoms with Gasteiger partial charge in [-0.05, 0) is 54.6 Å². The molecule has 2 saturated carbocycles. The average Bonchev–Trinajstić information content (AvgIpc) is 3.14. The second-order valence-electron chi connectivity index (χ2n) is 11.5. The molecule has 5 rings (SSSR count). The second-order valence-corrected chi connectivity index (χ2v) is 11.9. The first-order valence-corrected chi connectivity index (χ1v) is 12.5. The zero-order chi connectivity index (χ0) is 25.8. The van der Waals surface area contributed by atoms with Gasteiger partial charge in [-0.25, -0.2) is 4.79 Å². The van der Waals surface area contributed by atoms with Gasteiger partial charge in [0.2, 0.25) is 0 Å². The summed E-state index contributed by atoms with van der Waals surface area (Å²) in [6.07, 6.45) is 1.11. The van der Waals surface area contributed by atoms with Crippen LogP contribution in [0.3, 0.4) is 0 Å². The van der Waals surface area contributed by atoms with Gasteiger partial charge in [-0.1, -0.05) is 44.5 Å². The number of aromatic nitrogens is 2. The number of hydrogen-bond donors (Lipinski definition) is 3. The van der Waals surface area contributed by atoms with Crippen LogP contribution in [0.25, 0.3) is 0 Å². The van der Waals surface area contributed by atoms with Crippen molar-refractivity contribution in [3.05, 3.63) is 39.7 Å². The Balaban J connectivity index is 1.65. The Bertz CT molecular complexity index is 1200. The fourth-order valence-electron chi connectivity index (χ4n) is 7.61. The number of aryl methyl sites for hydroxylation is 2. The van der Waals surface area contributed by atoms with Gasteiger partial charge >= 0.3 is 5.97 Å². The molecule has 4 aliphatic rings. The predicted octanol–water partition coefficient (Wildman–Crippen LogP) is 2.38. The van der Waals surface area contributed by atoms with Crippen LogP contribution in [0.2, 0.25) is 5.02 Å². The van der Waals surface area contributed by atoms with Crippen LogP contribution in [-0.2, 0) is 16.6 Å². The number of aliphatic hydroxyl groups excluding tert-OH is 2. The number of carbonyl (C=O) groups is 2. The second kappa shape index (κ2) is 7.51. The maximum atomic E-state index is 14.3. The van der Waals surface area contributed by atoms with Crippen LogP contribution < -0.4 is 0 Å². The zero-order valence-electron chi connectivity index (χ0n) is 20.9. The van der Waals surface area contributed by atoms with Crippen molar-refractivity contribution in [1.82, 2.24) is 9.78 Å². The quantitative estimate of drug-likeness (QED) is 0.426. The third kappa shape index (κ3) is 2.88. The van der Waals surface area contributed by atoms with Crippen LogP contribution in [0.15, 0.2) is 23.3 Å². The topological polar surface area (TPSA) is 122 Å². The van der Waals surface area contributed by atoms with Crippen molar-refractivity contribution in [2.45, 2.75) is 58.8 Å². The average molecular weight is 505 g/mol. The van der Waals surface area contributed by atoms with Crippen LogP contribution in [0, 0.1) is 41.4 Å². The summed E-state index contributed by atoms with van der Waals surface area (Å²) in [6.45, 7) is 9.02. The van der Waals surface area contributed by atoms with Gasteiger partial charge in [0.25, 0.3) is 0 Å². The Morgan fingerprint density at radius 2 is 2.00 bits per heavy atom. The molecule has 4 aliphatic carbocycles. The van der Waals surface area contributed by atoms with E-state index in [1.165, 1.54) is 4.68 Å². The number of esters is 1. The summed E-state index contributed by atoms with van der Waals surface area (Å²) in [5.74, 6) is -1.57. The number of nitrogens with zero attached hydrogens (tertiary/aromatic N) is 2. The summed E-state index contributed by atoms with van der Waals surface area (Å²) in [4.78, 5) is 27.6. The number of ketones is 1. The normalized spacial score (nSPS) is 41.3. The van der Waals surface area contributed by atoms with Gasteiger partial charge in [0.1, 0.15) is 6.10 Å². The van der Waals surface area contributed by atoms with E-state index in [1.54, 1.807) is 33.0 Å². The molecule has 1 aromatic rings. The molecule has 9 heteroatoms. The summed E-state index contributed by atoms with van der Waals surface area (Å²) in [6, 6.07) is 0. The predicted molar refractivity (Wildman–Crippen MR) is 128 cm³/mol. The number of aliphatic hydroxyl groups is 3. The molecule has 0 radical (unpaired) electrons. The van der Waals surface area contributed by atoms with E-state index in [0.717, 1.165) is 0 Å². The number of allylic oxidation sites excluding steroid dienone is 1. The molecule has 2 fully saturated rings. The Kier molecular flexibility index (Phi) is 5.29. The monoisotopic (exact) mass is 504 g/mol. The Morgan fingerprint density at radius 1 is 1.34 bits per heavy atom. The molecule has 1 aromatic heterocycles. The van der Waals surface area contributed by atoms with E-state index in [4.69, 9.17) is 16.3 Å². The van der Waals surface area contributed by atoms with E-state index in [9.17, 15) is 24.9 Å². The summed E-state index contributed by atoms with van der Waals surface area (Å²) >= 11 is 6.29. The Labute approximate surface area is 209 Å². The minimum absolute atomic E-state index is 0.0173. The van der Waals surface area contributed by atoms with Crippen molar-refractivity contribution in [2.24, 2.45) is 41.5 Å². The lowest BCUT2D eigenvalue weighted by atomic mass is 9.59. The molecule has 8 atom stereocenters. The molecule has 1 spiro atoms. The van der Waals surface area contributed by atoms with Crippen LogP contribution in [0.5, 0.6) is 0 Å². The van der Waals surface area contributed by atoms with Gasteiger partial charge in [-0.15, -0.1) is 0 Å². The summed E-state index contributed by atoms with van der Waals surface area (Å²) in [7, 11) is 1.56. The van der Waals surface area contributed by atoms with Gasteiger partial charge in [0, 0.05) is 13.0 Å². The highest BCUT2D eigenvalue weighted by Gasteiger charge is 2.76. The molecular weight excluding hydrogens is 472 g/mol. The summed E-state index contributed by atoms with van der Waals surface area (Å²) in [5.41, 5.74) is -2.61. The van der Waals surface area contributed by atoms with Crippen molar-refractivity contribution in [3.63, 3.8) is 0 Å². The molecule has 1 heterocycles. The lowest BCUT2D eigenvalue weighted by Gasteiger charge is -2.48. The maximum absolute atomic E-state index is 14.3. The van der Waals surface area contributed by atoms with Crippen LogP contribution in [-0.4, -0.2) is 61.3 Å². The number of halogens is 1. The molecule has 0 amide bonds. The molecule has 0 unspecified atom stereocenters. The Hall–Kier alpha value is -2.00. The summed E-state index contributed by atoms with van der Waals surface area (Å²) in [5, 5.41) is 38.4. The number of hydrogen-bond acceptors (Lipinski definition) is 7. The molecule has 3 N–H and O–H groups in total. The first-order valence-electron chi connectivity index (χ1n) is 12.1. The van der Waals surface area contributed by atoms with Crippen molar-refractivity contribution < 1.29 is 29.6 Å². The van der Waals surface area contributed by atoms with E-state index in [1.807, 2.05) is 6.92 Å². The fourth-order valence-corrected chi connectivity index (χ4v) is 7.85. The number of ether oxygens (including phenoxy) is 1. The highest BCUT2D eigenvalue weighted by molar-refractivity contribution is 6.34. The summed E-state index contributed by atoms with van der Waals surface area (Å²) < 4.78 is 7.16. The molecule has 190 valence electrons. The number of Topliss-reactive ketones (excluding diaryl/α,β-unsaturated/α-hetero) is 1. The van der Waals surface area contributed by atoms with Gasteiger partial charge in [0.05, 0.1) is 22.7 Å².